The van der Waals surface area contributed by atoms with E-state index in [1.54, 1.807) is 43.2 Å². The molecule has 2 aromatic rings. The van der Waals surface area contributed by atoms with Gasteiger partial charge in [-0.05, 0) is 62.1 Å². The molecule has 28 heavy (non-hydrogen) atoms. The van der Waals surface area contributed by atoms with Crippen molar-refractivity contribution in [2.45, 2.75) is 37.6 Å². The molecular formula is C21H26N2O4S. The minimum absolute atomic E-state index is 0.0685. The van der Waals surface area contributed by atoms with Crippen LogP contribution in [0.3, 0.4) is 0 Å². The fourth-order valence-corrected chi connectivity index (χ4v) is 5.15. The molecule has 2 aromatic carbocycles. The van der Waals surface area contributed by atoms with Gasteiger partial charge in [-0.3, -0.25) is 4.79 Å². The lowest BCUT2D eigenvalue weighted by molar-refractivity contribution is 0.0703. The van der Waals surface area contributed by atoms with E-state index in [9.17, 15) is 13.2 Å². The van der Waals surface area contributed by atoms with Crippen LogP contribution in [0.2, 0.25) is 0 Å². The van der Waals surface area contributed by atoms with Crippen molar-refractivity contribution in [2.24, 2.45) is 0 Å². The summed E-state index contributed by atoms with van der Waals surface area (Å²) in [5, 5.41) is 0. The van der Waals surface area contributed by atoms with Crippen LogP contribution in [-0.4, -0.2) is 45.5 Å². The van der Waals surface area contributed by atoms with Crippen molar-refractivity contribution in [3.8, 4) is 5.75 Å². The van der Waals surface area contributed by atoms with Crippen LogP contribution in [-0.2, 0) is 10.0 Å². The fraction of sp³-hybridized carbons (Fsp3) is 0.381. The van der Waals surface area contributed by atoms with E-state index >= 15 is 0 Å². The first-order valence-electron chi connectivity index (χ1n) is 9.34. The Kier molecular flexibility index (Phi) is 6.05. The van der Waals surface area contributed by atoms with Gasteiger partial charge in [0.15, 0.2) is 0 Å². The number of hydrogen-bond acceptors (Lipinski definition) is 4. The number of hydrogen-bond donors (Lipinski definition) is 1. The summed E-state index contributed by atoms with van der Waals surface area (Å²) in [6.07, 6.45) is 1.46. The second kappa shape index (κ2) is 8.32. The number of piperidine rings is 1. The van der Waals surface area contributed by atoms with Gasteiger partial charge in [-0.15, -0.1) is 0 Å². The van der Waals surface area contributed by atoms with Crippen molar-refractivity contribution in [3.63, 3.8) is 0 Å². The maximum absolute atomic E-state index is 13.0. The van der Waals surface area contributed by atoms with Crippen LogP contribution in [0.5, 0.6) is 5.75 Å². The molecule has 7 heteroatoms. The van der Waals surface area contributed by atoms with Gasteiger partial charge in [-0.1, -0.05) is 18.2 Å². The Morgan fingerprint density at radius 3 is 2.50 bits per heavy atom. The minimum Gasteiger partial charge on any atom is -0.496 e. The molecular weight excluding hydrogens is 376 g/mol. The summed E-state index contributed by atoms with van der Waals surface area (Å²) < 4.78 is 34.0. The van der Waals surface area contributed by atoms with E-state index in [1.807, 2.05) is 25.1 Å². The second-order valence-electron chi connectivity index (χ2n) is 7.09. The number of likely N-dealkylation sites (tertiary alicyclic amines) is 1. The van der Waals surface area contributed by atoms with Crippen molar-refractivity contribution in [1.82, 2.24) is 9.62 Å². The zero-order chi connectivity index (χ0) is 20.3. The monoisotopic (exact) mass is 402 g/mol. The van der Waals surface area contributed by atoms with E-state index in [2.05, 4.69) is 4.72 Å². The number of methoxy groups -OCH3 is 1. The van der Waals surface area contributed by atoms with E-state index < -0.39 is 10.0 Å². The van der Waals surface area contributed by atoms with Gasteiger partial charge in [0.2, 0.25) is 10.0 Å². The van der Waals surface area contributed by atoms with Crippen LogP contribution < -0.4 is 9.46 Å². The highest BCUT2D eigenvalue weighted by Crippen LogP contribution is 2.27. The summed E-state index contributed by atoms with van der Waals surface area (Å²) in [5.74, 6) is 0.592. The van der Waals surface area contributed by atoms with Crippen LogP contribution >= 0.6 is 0 Å². The lowest BCUT2D eigenvalue weighted by Gasteiger charge is -2.33. The van der Waals surface area contributed by atoms with Crippen molar-refractivity contribution in [2.75, 3.05) is 20.2 Å². The van der Waals surface area contributed by atoms with Gasteiger partial charge in [-0.25, -0.2) is 13.1 Å². The summed E-state index contributed by atoms with van der Waals surface area (Å²) in [4.78, 5) is 14.7. The van der Waals surface area contributed by atoms with Gasteiger partial charge in [0.25, 0.3) is 5.91 Å². The standard InChI is InChI=1S/C21H26N2O4S/c1-15-16(2)20(12-11-19(15)27-3)28(25,26)22-18-10-7-13-23(14-18)21(24)17-8-5-4-6-9-17/h4-6,8-9,11-12,18,22H,7,10,13-14H2,1-3H3. The predicted octanol–water partition coefficient (Wildman–Crippen LogP) is 2.90. The molecule has 1 heterocycles. The molecule has 0 spiro atoms. The van der Waals surface area contributed by atoms with Gasteiger partial charge >= 0.3 is 0 Å². The van der Waals surface area contributed by atoms with Gasteiger partial charge < -0.3 is 9.64 Å². The Morgan fingerprint density at radius 2 is 1.82 bits per heavy atom. The zero-order valence-electron chi connectivity index (χ0n) is 16.4. The SMILES string of the molecule is COc1ccc(S(=O)(=O)NC2CCCN(C(=O)c3ccccc3)C2)c(C)c1C. The normalized spacial score (nSPS) is 17.4. The van der Waals surface area contributed by atoms with Crippen LogP contribution in [0.25, 0.3) is 0 Å². The fourth-order valence-electron chi connectivity index (χ4n) is 3.59. The third-order valence-corrected chi connectivity index (χ3v) is 6.91. The molecule has 0 bridgehead atoms. The smallest absolute Gasteiger partial charge is 0.253 e. The topological polar surface area (TPSA) is 75.7 Å². The molecule has 1 saturated heterocycles. The van der Waals surface area contributed by atoms with Crippen LogP contribution in [0.1, 0.15) is 34.3 Å². The molecule has 1 aliphatic heterocycles. The Labute approximate surface area is 166 Å². The lowest BCUT2D eigenvalue weighted by atomic mass is 10.1. The number of amides is 1. The number of nitrogens with zero attached hydrogens (tertiary/aromatic N) is 1. The van der Waals surface area contributed by atoms with E-state index in [0.29, 0.717) is 36.4 Å². The van der Waals surface area contributed by atoms with Crippen LogP contribution in [0, 0.1) is 13.8 Å². The van der Waals surface area contributed by atoms with Gasteiger partial charge in [-0.2, -0.15) is 0 Å². The van der Waals surface area contributed by atoms with E-state index in [1.165, 1.54) is 0 Å². The van der Waals surface area contributed by atoms with E-state index in [0.717, 1.165) is 12.0 Å². The highest BCUT2D eigenvalue weighted by Gasteiger charge is 2.29. The molecule has 1 amide bonds. The highest BCUT2D eigenvalue weighted by molar-refractivity contribution is 7.89. The summed E-state index contributed by atoms with van der Waals surface area (Å²) in [7, 11) is -2.13. The second-order valence-corrected chi connectivity index (χ2v) is 8.78. The van der Waals surface area contributed by atoms with Gasteiger partial charge in [0, 0.05) is 24.7 Å². The number of benzene rings is 2. The van der Waals surface area contributed by atoms with Crippen LogP contribution in [0.15, 0.2) is 47.4 Å². The number of carbonyl (C=O) groups excluding carboxylic acids is 1. The number of ether oxygens (including phenoxy) is 1. The quantitative estimate of drug-likeness (QED) is 0.834. The summed E-state index contributed by atoms with van der Waals surface area (Å²) in [5.41, 5.74) is 2.09. The highest BCUT2D eigenvalue weighted by atomic mass is 32.2. The van der Waals surface area contributed by atoms with Crippen molar-refractivity contribution >= 4 is 15.9 Å². The number of nitrogens with one attached hydrogen (secondary N) is 1. The Hall–Kier alpha value is -2.38. The summed E-state index contributed by atoms with van der Waals surface area (Å²) in [6, 6.07) is 12.0. The number of carbonyl (C=O) groups is 1. The molecule has 1 atom stereocenters. The lowest BCUT2D eigenvalue weighted by Crippen LogP contribution is -2.49. The molecule has 0 aliphatic carbocycles. The first-order chi connectivity index (χ1) is 13.3. The maximum atomic E-state index is 13.0. The molecule has 1 unspecified atom stereocenters. The Balaban J connectivity index is 1.76. The maximum Gasteiger partial charge on any atom is 0.253 e. The predicted molar refractivity (Wildman–Crippen MR) is 108 cm³/mol. The zero-order valence-corrected chi connectivity index (χ0v) is 17.3. The Bertz CT molecular complexity index is 958. The van der Waals surface area contributed by atoms with E-state index in [-0.39, 0.29) is 16.8 Å². The first kappa shape index (κ1) is 20.4. The van der Waals surface area contributed by atoms with Crippen molar-refractivity contribution in [1.29, 1.82) is 0 Å². The molecule has 3 rings (SSSR count). The first-order valence-corrected chi connectivity index (χ1v) is 10.8. The summed E-state index contributed by atoms with van der Waals surface area (Å²) >= 11 is 0. The average Bonchev–Trinajstić information content (AvgIpc) is 2.69. The molecule has 1 fully saturated rings. The molecule has 0 saturated carbocycles. The van der Waals surface area contributed by atoms with Gasteiger partial charge in [0.05, 0.1) is 12.0 Å². The van der Waals surface area contributed by atoms with Gasteiger partial charge in [0.1, 0.15) is 5.75 Å². The van der Waals surface area contributed by atoms with Crippen molar-refractivity contribution < 1.29 is 17.9 Å². The third-order valence-electron chi connectivity index (χ3n) is 5.25. The summed E-state index contributed by atoms with van der Waals surface area (Å²) in [6.45, 7) is 4.61. The molecule has 0 radical (unpaired) electrons. The number of sulfonamides is 1. The number of rotatable bonds is 5. The largest absolute Gasteiger partial charge is 0.496 e. The third kappa shape index (κ3) is 4.20. The average molecular weight is 403 g/mol. The molecule has 1 aliphatic rings. The Morgan fingerprint density at radius 1 is 1.11 bits per heavy atom. The van der Waals surface area contributed by atoms with Crippen LogP contribution in [0.4, 0.5) is 0 Å². The minimum atomic E-state index is -3.70. The van der Waals surface area contributed by atoms with E-state index in [4.69, 9.17) is 4.74 Å². The molecule has 150 valence electrons. The molecule has 6 nitrogen and oxygen atoms in total. The molecule has 0 aromatic heterocycles. The molecule has 1 N–H and O–H groups in total. The van der Waals surface area contributed by atoms with Crippen molar-refractivity contribution in [3.05, 3.63) is 59.2 Å².